The molecule has 2 fully saturated rings. The van der Waals surface area contributed by atoms with Crippen LogP contribution in [0.5, 0.6) is 5.88 Å². The molecule has 2 amide bonds. The normalized spacial score (nSPS) is 23.9. The molecule has 3 heterocycles. The maximum absolute atomic E-state index is 13.4. The van der Waals surface area contributed by atoms with E-state index in [2.05, 4.69) is 11.9 Å². The summed E-state index contributed by atoms with van der Waals surface area (Å²) in [5.41, 5.74) is 0.838. The van der Waals surface area contributed by atoms with Gasteiger partial charge >= 0.3 is 0 Å². The average molecular weight is 476 g/mol. The van der Waals surface area contributed by atoms with Crippen LogP contribution in [0.3, 0.4) is 0 Å². The SMILES string of the molecule is CC1(COc2ccc(Cl)cn2)CN(C(=O)C2CCN(C=O)CC2)CC1c1ccc(Cl)cc1. The van der Waals surface area contributed by atoms with Crippen LogP contribution in [-0.2, 0) is 9.59 Å². The summed E-state index contributed by atoms with van der Waals surface area (Å²) >= 11 is 12.0. The highest BCUT2D eigenvalue weighted by Gasteiger charge is 2.47. The molecule has 2 atom stereocenters. The van der Waals surface area contributed by atoms with E-state index in [-0.39, 0.29) is 23.2 Å². The van der Waals surface area contributed by atoms with E-state index in [1.165, 1.54) is 0 Å². The molecule has 2 saturated heterocycles. The summed E-state index contributed by atoms with van der Waals surface area (Å²) in [6.45, 7) is 5.07. The minimum absolute atomic E-state index is 0.0433. The molecule has 1 aromatic carbocycles. The number of nitrogens with zero attached hydrogens (tertiary/aromatic N) is 3. The number of ether oxygens (including phenoxy) is 1. The van der Waals surface area contributed by atoms with Gasteiger partial charge < -0.3 is 14.5 Å². The zero-order chi connectivity index (χ0) is 22.7. The van der Waals surface area contributed by atoms with Gasteiger partial charge in [-0.3, -0.25) is 9.59 Å². The van der Waals surface area contributed by atoms with Crippen molar-refractivity contribution in [1.82, 2.24) is 14.8 Å². The van der Waals surface area contributed by atoms with Crippen LogP contribution in [0.2, 0.25) is 10.0 Å². The maximum atomic E-state index is 13.4. The number of amides is 2. The van der Waals surface area contributed by atoms with Crippen molar-refractivity contribution in [2.75, 3.05) is 32.8 Å². The molecular weight excluding hydrogens is 449 g/mol. The number of rotatable bonds is 6. The van der Waals surface area contributed by atoms with Gasteiger partial charge in [0, 0.05) is 60.7 Å². The molecule has 8 heteroatoms. The topological polar surface area (TPSA) is 62.7 Å². The molecular formula is C24H27Cl2N3O3. The summed E-state index contributed by atoms with van der Waals surface area (Å²) in [4.78, 5) is 32.3. The highest BCUT2D eigenvalue weighted by Crippen LogP contribution is 2.44. The van der Waals surface area contributed by atoms with Crippen LogP contribution < -0.4 is 4.74 Å². The van der Waals surface area contributed by atoms with Crippen molar-refractivity contribution in [3.05, 3.63) is 58.2 Å². The van der Waals surface area contributed by atoms with Crippen molar-refractivity contribution < 1.29 is 14.3 Å². The van der Waals surface area contributed by atoms with Gasteiger partial charge in [0.05, 0.1) is 11.6 Å². The first-order valence-corrected chi connectivity index (χ1v) is 11.6. The van der Waals surface area contributed by atoms with Crippen LogP contribution in [0.25, 0.3) is 0 Å². The molecule has 2 aliphatic rings. The van der Waals surface area contributed by atoms with Gasteiger partial charge in [0.15, 0.2) is 0 Å². The van der Waals surface area contributed by atoms with Crippen molar-refractivity contribution in [3.63, 3.8) is 0 Å². The first-order chi connectivity index (χ1) is 15.4. The molecule has 170 valence electrons. The second-order valence-corrected chi connectivity index (χ2v) is 9.87. The van der Waals surface area contributed by atoms with Crippen LogP contribution in [0.4, 0.5) is 0 Å². The lowest BCUT2D eigenvalue weighted by Gasteiger charge is -2.32. The lowest BCUT2D eigenvalue weighted by Crippen LogP contribution is -2.42. The molecule has 2 aromatic rings. The van der Waals surface area contributed by atoms with E-state index in [4.69, 9.17) is 27.9 Å². The van der Waals surface area contributed by atoms with Gasteiger partial charge in [-0.25, -0.2) is 4.98 Å². The van der Waals surface area contributed by atoms with Gasteiger partial charge in [0.1, 0.15) is 0 Å². The van der Waals surface area contributed by atoms with E-state index in [1.54, 1.807) is 23.2 Å². The molecule has 0 N–H and O–H groups in total. The monoisotopic (exact) mass is 475 g/mol. The van der Waals surface area contributed by atoms with E-state index >= 15 is 0 Å². The molecule has 0 radical (unpaired) electrons. The van der Waals surface area contributed by atoms with E-state index in [9.17, 15) is 9.59 Å². The fourth-order valence-electron chi connectivity index (χ4n) is 4.76. The quantitative estimate of drug-likeness (QED) is 0.585. The third-order valence-corrected chi connectivity index (χ3v) is 7.13. The van der Waals surface area contributed by atoms with Crippen molar-refractivity contribution in [1.29, 1.82) is 0 Å². The first-order valence-electron chi connectivity index (χ1n) is 10.9. The summed E-state index contributed by atoms with van der Waals surface area (Å²) in [7, 11) is 0. The van der Waals surface area contributed by atoms with Crippen LogP contribution in [-0.4, -0.2) is 59.9 Å². The molecule has 32 heavy (non-hydrogen) atoms. The average Bonchev–Trinajstić information content (AvgIpc) is 3.16. The fraction of sp³-hybridized carbons (Fsp3) is 0.458. The molecule has 1 aromatic heterocycles. The highest BCUT2D eigenvalue weighted by atomic mass is 35.5. The smallest absolute Gasteiger partial charge is 0.225 e. The van der Waals surface area contributed by atoms with Crippen molar-refractivity contribution in [2.45, 2.75) is 25.7 Å². The van der Waals surface area contributed by atoms with Gasteiger partial charge in [-0.05, 0) is 36.6 Å². The third-order valence-electron chi connectivity index (χ3n) is 6.66. The number of piperidine rings is 1. The summed E-state index contributed by atoms with van der Waals surface area (Å²) in [5.74, 6) is 0.740. The number of pyridine rings is 1. The number of likely N-dealkylation sites (tertiary alicyclic amines) is 2. The summed E-state index contributed by atoms with van der Waals surface area (Å²) < 4.78 is 6.05. The molecule has 0 bridgehead atoms. The Morgan fingerprint density at radius 1 is 1.16 bits per heavy atom. The van der Waals surface area contributed by atoms with Gasteiger partial charge in [-0.2, -0.15) is 0 Å². The molecule has 2 unspecified atom stereocenters. The Morgan fingerprint density at radius 3 is 2.47 bits per heavy atom. The number of benzene rings is 1. The third kappa shape index (κ3) is 5.02. The van der Waals surface area contributed by atoms with E-state index in [1.807, 2.05) is 29.2 Å². The van der Waals surface area contributed by atoms with E-state index < -0.39 is 0 Å². The number of hydrogen-bond donors (Lipinski definition) is 0. The molecule has 0 saturated carbocycles. The minimum Gasteiger partial charge on any atom is -0.477 e. The van der Waals surface area contributed by atoms with Gasteiger partial charge in [0.2, 0.25) is 18.2 Å². The summed E-state index contributed by atoms with van der Waals surface area (Å²) in [6.07, 6.45) is 3.85. The van der Waals surface area contributed by atoms with Gasteiger partial charge in [-0.15, -0.1) is 0 Å². The zero-order valence-corrected chi connectivity index (χ0v) is 19.6. The molecule has 0 aliphatic carbocycles. The predicted octanol–water partition coefficient (Wildman–Crippen LogP) is 4.27. The molecule has 0 spiro atoms. The van der Waals surface area contributed by atoms with E-state index in [0.717, 1.165) is 12.0 Å². The molecule has 6 nitrogen and oxygen atoms in total. The summed E-state index contributed by atoms with van der Waals surface area (Å²) in [6, 6.07) is 11.3. The Hall–Kier alpha value is -2.31. The van der Waals surface area contributed by atoms with Crippen LogP contribution in [0.1, 0.15) is 31.2 Å². The number of carbonyl (C=O) groups excluding carboxylic acids is 2. The number of carbonyl (C=O) groups is 2. The first kappa shape index (κ1) is 22.9. The fourth-order valence-corrected chi connectivity index (χ4v) is 5.00. The Bertz CT molecular complexity index is 946. The summed E-state index contributed by atoms with van der Waals surface area (Å²) in [5, 5.41) is 1.24. The van der Waals surface area contributed by atoms with Gasteiger partial charge in [0.25, 0.3) is 0 Å². The van der Waals surface area contributed by atoms with Crippen molar-refractivity contribution in [2.24, 2.45) is 11.3 Å². The highest BCUT2D eigenvalue weighted by molar-refractivity contribution is 6.30. The van der Waals surface area contributed by atoms with Crippen LogP contribution >= 0.6 is 23.2 Å². The van der Waals surface area contributed by atoms with Gasteiger partial charge in [-0.1, -0.05) is 42.3 Å². The van der Waals surface area contributed by atoms with E-state index in [0.29, 0.717) is 61.6 Å². The van der Waals surface area contributed by atoms with Crippen molar-refractivity contribution in [3.8, 4) is 5.88 Å². The Morgan fingerprint density at radius 2 is 1.84 bits per heavy atom. The standard InChI is InChI=1S/C24H27Cl2N3O3/c1-24(15-32-22-7-6-20(26)12-27-22)14-29(13-21(24)17-2-4-19(25)5-3-17)23(31)18-8-10-28(16-30)11-9-18/h2-7,12,16,18,21H,8-11,13-15H2,1H3. The number of aromatic nitrogens is 1. The predicted molar refractivity (Wildman–Crippen MR) is 124 cm³/mol. The lowest BCUT2D eigenvalue weighted by atomic mass is 9.77. The number of halogens is 2. The van der Waals surface area contributed by atoms with Crippen molar-refractivity contribution >= 4 is 35.5 Å². The zero-order valence-electron chi connectivity index (χ0n) is 18.0. The second-order valence-electron chi connectivity index (χ2n) is 9.00. The maximum Gasteiger partial charge on any atom is 0.225 e. The lowest BCUT2D eigenvalue weighted by molar-refractivity contribution is -0.137. The Labute approximate surface area is 198 Å². The largest absolute Gasteiger partial charge is 0.477 e. The Balaban J connectivity index is 1.52. The second kappa shape index (κ2) is 9.67. The number of hydrogen-bond acceptors (Lipinski definition) is 4. The molecule has 4 rings (SSSR count). The Kier molecular flexibility index (Phi) is 6.91. The van der Waals surface area contributed by atoms with Crippen LogP contribution in [0, 0.1) is 11.3 Å². The molecule has 2 aliphatic heterocycles. The minimum atomic E-state index is -0.297. The van der Waals surface area contributed by atoms with Crippen LogP contribution in [0.15, 0.2) is 42.6 Å².